The molecule has 2 bridgehead atoms. The molecule has 0 heterocycles. The van der Waals surface area contributed by atoms with Gasteiger partial charge in [-0.15, -0.1) is 0 Å². The highest BCUT2D eigenvalue weighted by Crippen LogP contribution is 2.64. The highest BCUT2D eigenvalue weighted by atomic mass is 16.5. The quantitative estimate of drug-likeness (QED) is 0.290. The second-order valence-electron chi connectivity index (χ2n) is 9.75. The van der Waals surface area contributed by atoms with Gasteiger partial charge in [-0.05, 0) is 17.7 Å². The Balaban J connectivity index is 2.17. The molecular weight excluding hydrogens is 518 g/mol. The summed E-state index contributed by atoms with van der Waals surface area (Å²) in [6.45, 7) is 0. The molecule has 1 fully saturated rings. The summed E-state index contributed by atoms with van der Waals surface area (Å²) in [6.07, 6.45) is 3.15. The van der Waals surface area contributed by atoms with Crippen LogP contribution in [0.2, 0.25) is 0 Å². The highest BCUT2D eigenvalue weighted by Gasteiger charge is 2.77. The number of likely N-dealkylation sites (N-methyl/N-ethyl adjacent to an activating group) is 1. The predicted molar refractivity (Wildman–Crippen MR) is 141 cm³/mol. The lowest BCUT2D eigenvalue weighted by Crippen LogP contribution is -2.77. The van der Waals surface area contributed by atoms with Crippen molar-refractivity contribution in [3.63, 3.8) is 0 Å². The lowest BCUT2D eigenvalue weighted by Gasteiger charge is -2.63. The summed E-state index contributed by atoms with van der Waals surface area (Å²) in [5.74, 6) is -9.70. The maximum Gasteiger partial charge on any atom is 0.312 e. The van der Waals surface area contributed by atoms with Crippen LogP contribution in [0.3, 0.4) is 0 Å². The summed E-state index contributed by atoms with van der Waals surface area (Å²) >= 11 is 0. The van der Waals surface area contributed by atoms with Gasteiger partial charge >= 0.3 is 23.9 Å². The smallest absolute Gasteiger partial charge is 0.312 e. The van der Waals surface area contributed by atoms with Gasteiger partial charge in [-0.25, -0.2) is 0 Å². The van der Waals surface area contributed by atoms with Crippen LogP contribution in [0.15, 0.2) is 72.8 Å². The van der Waals surface area contributed by atoms with Crippen molar-refractivity contribution in [2.45, 2.75) is 11.0 Å². The maximum absolute atomic E-state index is 13.9. The number of hydrogen-bond donors (Lipinski definition) is 0. The molecule has 3 aliphatic carbocycles. The Morgan fingerprint density at radius 1 is 0.600 bits per heavy atom. The Kier molecular flexibility index (Phi) is 7.81. The summed E-state index contributed by atoms with van der Waals surface area (Å²) < 4.78 is 20.8. The number of nitrogens with zero attached hydrogens (tertiary/aromatic N) is 1. The van der Waals surface area contributed by atoms with Gasteiger partial charge in [0.15, 0.2) is 0 Å². The lowest BCUT2D eigenvalue weighted by molar-refractivity contribution is -0.195. The number of methoxy groups -OCH3 is 4. The lowest BCUT2D eigenvalue weighted by atomic mass is 9.41. The summed E-state index contributed by atoms with van der Waals surface area (Å²) in [7, 11) is 6.04. The van der Waals surface area contributed by atoms with Gasteiger partial charge in [0.2, 0.25) is 0 Å². The Bertz CT molecular complexity index is 1290. The Morgan fingerprint density at radius 2 is 1.00 bits per heavy atom. The van der Waals surface area contributed by atoms with E-state index in [2.05, 4.69) is 0 Å². The number of allylic oxidation sites excluding steroid dienone is 1. The van der Waals surface area contributed by atoms with E-state index >= 15 is 0 Å². The Hall–Kier alpha value is -4.47. The minimum absolute atomic E-state index is 0.259. The zero-order valence-electron chi connectivity index (χ0n) is 22.9. The van der Waals surface area contributed by atoms with Crippen molar-refractivity contribution in [2.24, 2.45) is 23.7 Å². The van der Waals surface area contributed by atoms with Crippen molar-refractivity contribution in [1.29, 1.82) is 0 Å². The number of benzene rings is 2. The van der Waals surface area contributed by atoms with E-state index in [1.807, 2.05) is 0 Å². The third kappa shape index (κ3) is 3.97. The summed E-state index contributed by atoms with van der Waals surface area (Å²) in [5, 5.41) is 0. The first-order valence-corrected chi connectivity index (χ1v) is 12.6. The van der Waals surface area contributed by atoms with Crippen LogP contribution in [0.25, 0.3) is 0 Å². The molecule has 0 radical (unpaired) electrons. The number of fused-ring (bicyclic) bond motifs is 2. The molecule has 1 saturated carbocycles. The van der Waals surface area contributed by atoms with E-state index in [9.17, 15) is 24.0 Å². The zero-order valence-corrected chi connectivity index (χ0v) is 22.9. The molecule has 0 aromatic heterocycles. The molecule has 0 aliphatic heterocycles. The first kappa shape index (κ1) is 28.5. The number of carbonyl (C=O) groups excluding carboxylic acids is 5. The topological polar surface area (TPSA) is 126 Å². The molecule has 2 aromatic carbocycles. The fraction of sp³-hybridized carbons (Fsp3) is 0.367. The Morgan fingerprint density at radius 3 is 1.43 bits per heavy atom. The first-order chi connectivity index (χ1) is 19.2. The zero-order chi connectivity index (χ0) is 29.2. The number of amides is 1. The minimum atomic E-state index is -1.89. The molecule has 40 heavy (non-hydrogen) atoms. The first-order valence-electron chi connectivity index (χ1n) is 12.6. The molecule has 5 rings (SSSR count). The van der Waals surface area contributed by atoms with Gasteiger partial charge in [-0.3, -0.25) is 24.0 Å². The second kappa shape index (κ2) is 11.0. The van der Waals surface area contributed by atoms with E-state index < -0.39 is 64.4 Å². The summed E-state index contributed by atoms with van der Waals surface area (Å²) in [4.78, 5) is 70.1. The van der Waals surface area contributed by atoms with E-state index in [1.54, 1.807) is 72.8 Å². The molecule has 6 atom stereocenters. The van der Waals surface area contributed by atoms with Crippen LogP contribution in [-0.4, -0.2) is 75.7 Å². The van der Waals surface area contributed by atoms with Gasteiger partial charge in [0.1, 0.15) is 0 Å². The molecule has 0 saturated heterocycles. The molecule has 3 aliphatic rings. The van der Waals surface area contributed by atoms with Crippen LogP contribution < -0.4 is 0 Å². The number of carbonyl (C=O) groups is 5. The normalized spacial score (nSPS) is 28.2. The van der Waals surface area contributed by atoms with Crippen molar-refractivity contribution in [2.75, 3.05) is 35.5 Å². The van der Waals surface area contributed by atoms with Gasteiger partial charge in [-0.1, -0.05) is 60.7 Å². The average molecular weight is 550 g/mol. The summed E-state index contributed by atoms with van der Waals surface area (Å²) in [6, 6.07) is 16.8. The fourth-order valence-electron chi connectivity index (χ4n) is 6.64. The van der Waals surface area contributed by atoms with E-state index in [1.165, 1.54) is 11.9 Å². The third-order valence-corrected chi connectivity index (χ3v) is 8.32. The van der Waals surface area contributed by atoms with Crippen LogP contribution >= 0.6 is 0 Å². The predicted octanol–water partition coefficient (Wildman–Crippen LogP) is 2.18. The third-order valence-electron chi connectivity index (χ3n) is 8.32. The number of rotatable bonds is 7. The van der Waals surface area contributed by atoms with Crippen molar-refractivity contribution in [3.05, 3.63) is 83.9 Å². The van der Waals surface area contributed by atoms with Crippen molar-refractivity contribution in [1.82, 2.24) is 4.90 Å². The van der Waals surface area contributed by atoms with Crippen molar-refractivity contribution >= 4 is 29.8 Å². The van der Waals surface area contributed by atoms with E-state index in [0.29, 0.717) is 5.56 Å². The monoisotopic (exact) mass is 549 g/mol. The molecule has 210 valence electrons. The molecule has 2 aromatic rings. The molecular formula is C30H31NO9. The molecule has 10 nitrogen and oxygen atoms in total. The van der Waals surface area contributed by atoms with Gasteiger partial charge < -0.3 is 23.8 Å². The van der Waals surface area contributed by atoms with E-state index in [4.69, 9.17) is 18.9 Å². The second-order valence-corrected chi connectivity index (χ2v) is 9.75. The van der Waals surface area contributed by atoms with Gasteiger partial charge in [0.25, 0.3) is 5.91 Å². The van der Waals surface area contributed by atoms with Gasteiger partial charge in [0, 0.05) is 18.0 Å². The average Bonchev–Trinajstić information content (AvgIpc) is 3.02. The van der Waals surface area contributed by atoms with Crippen LogP contribution in [0.5, 0.6) is 0 Å². The minimum Gasteiger partial charge on any atom is -0.469 e. The van der Waals surface area contributed by atoms with Gasteiger partial charge in [-0.2, -0.15) is 0 Å². The standard InChI is InChI=1S/C30H31NO9/c1-31(24(32)18-12-8-6-9-13-18)30-17-16-29(19-14-10-7-11-15-19,20(25(33)37-2)22(30)27(35)39-4)21(26(34)38-3)23(30)28(36)40-5/h6-17,20-23H,1-5H3/t20-,21+,22+,23-,29?,30?. The van der Waals surface area contributed by atoms with E-state index in [0.717, 1.165) is 28.4 Å². The van der Waals surface area contributed by atoms with Crippen LogP contribution in [0.1, 0.15) is 15.9 Å². The Labute approximate surface area is 231 Å². The largest absolute Gasteiger partial charge is 0.469 e. The molecule has 2 unspecified atom stereocenters. The number of hydrogen-bond acceptors (Lipinski definition) is 9. The van der Waals surface area contributed by atoms with Crippen LogP contribution in [-0.2, 0) is 43.5 Å². The van der Waals surface area contributed by atoms with Crippen molar-refractivity contribution < 1.29 is 42.9 Å². The van der Waals surface area contributed by atoms with Gasteiger partial charge in [0.05, 0.1) is 57.6 Å². The SMILES string of the molecule is COC(=O)[C@@H]1[C@H](C(=O)OC)C2(N(C)C(=O)c3ccccc3)C=CC1(c1ccccc1)[C@@H](C(=O)OC)[C@H]2C(=O)OC. The van der Waals surface area contributed by atoms with Crippen molar-refractivity contribution in [3.8, 4) is 0 Å². The molecule has 0 spiro atoms. The molecule has 1 amide bonds. The number of esters is 4. The van der Waals surface area contributed by atoms with E-state index in [-0.39, 0.29) is 5.56 Å². The summed E-state index contributed by atoms with van der Waals surface area (Å²) in [5.41, 5.74) is -2.77. The van der Waals surface area contributed by atoms with Crippen LogP contribution in [0, 0.1) is 23.7 Å². The van der Waals surface area contributed by atoms with Crippen LogP contribution in [0.4, 0.5) is 0 Å². The fourth-order valence-corrected chi connectivity index (χ4v) is 6.64. The number of ether oxygens (including phenoxy) is 4. The maximum atomic E-state index is 13.9. The molecule has 0 N–H and O–H groups in total. The highest BCUT2D eigenvalue weighted by molar-refractivity contribution is 5.99. The molecule has 10 heteroatoms.